The van der Waals surface area contributed by atoms with E-state index >= 15 is 0 Å². The molecule has 0 aliphatic carbocycles. The molecule has 7 nitrogen and oxygen atoms in total. The summed E-state index contributed by atoms with van der Waals surface area (Å²) in [6, 6.07) is 6.89. The Bertz CT molecular complexity index is 767. The average molecular weight is 395 g/mol. The minimum atomic E-state index is -0.0878. The normalized spacial score (nSPS) is 17.0. The Hall–Kier alpha value is -2.25. The fraction of sp³-hybridized carbons (Fsp3) is 0.353. The van der Waals surface area contributed by atoms with E-state index in [9.17, 15) is 4.79 Å². The Morgan fingerprint density at radius 3 is 2.73 bits per heavy atom. The highest BCUT2D eigenvalue weighted by atomic mass is 35.5. The van der Waals surface area contributed by atoms with Crippen molar-refractivity contribution in [1.82, 2.24) is 15.3 Å². The highest BCUT2D eigenvalue weighted by Crippen LogP contribution is 2.22. The molecule has 3 rings (SSSR count). The SMILES string of the molecule is Nc1cc(N2CCC[C@@H](NC(=O)CNc3cc(Cl)cc(Cl)c3)C2)ncn1. The second-order valence-corrected chi connectivity index (χ2v) is 7.04. The maximum Gasteiger partial charge on any atom is 0.239 e. The van der Waals surface area contributed by atoms with Crippen molar-refractivity contribution < 1.29 is 4.79 Å². The maximum absolute atomic E-state index is 12.2. The number of nitrogens with two attached hydrogens (primary N) is 1. The number of amides is 1. The zero-order valence-electron chi connectivity index (χ0n) is 14.1. The molecule has 1 aliphatic heterocycles. The van der Waals surface area contributed by atoms with Gasteiger partial charge in [0, 0.05) is 40.9 Å². The molecule has 26 heavy (non-hydrogen) atoms. The topological polar surface area (TPSA) is 96.2 Å². The molecule has 0 bridgehead atoms. The fourth-order valence-electron chi connectivity index (χ4n) is 2.95. The Morgan fingerprint density at radius 2 is 2.00 bits per heavy atom. The third-order valence-electron chi connectivity index (χ3n) is 4.10. The van der Waals surface area contributed by atoms with E-state index in [-0.39, 0.29) is 18.5 Å². The number of benzene rings is 1. The smallest absolute Gasteiger partial charge is 0.239 e. The highest BCUT2D eigenvalue weighted by Gasteiger charge is 2.22. The molecule has 1 aliphatic rings. The van der Waals surface area contributed by atoms with Crippen LogP contribution in [0.5, 0.6) is 0 Å². The van der Waals surface area contributed by atoms with Crippen molar-refractivity contribution in [2.24, 2.45) is 0 Å². The van der Waals surface area contributed by atoms with Crippen LogP contribution in [0.1, 0.15) is 12.8 Å². The lowest BCUT2D eigenvalue weighted by molar-refractivity contribution is -0.120. The Kier molecular flexibility index (Phi) is 6.00. The van der Waals surface area contributed by atoms with Gasteiger partial charge < -0.3 is 21.3 Å². The van der Waals surface area contributed by atoms with Gasteiger partial charge in [0.25, 0.3) is 0 Å². The molecule has 4 N–H and O–H groups in total. The molecule has 1 saturated heterocycles. The first-order valence-electron chi connectivity index (χ1n) is 8.31. The van der Waals surface area contributed by atoms with E-state index < -0.39 is 0 Å². The van der Waals surface area contributed by atoms with Crippen LogP contribution in [0.25, 0.3) is 0 Å². The number of nitrogens with zero attached hydrogens (tertiary/aromatic N) is 3. The number of rotatable bonds is 5. The van der Waals surface area contributed by atoms with Gasteiger partial charge in [0.15, 0.2) is 0 Å². The lowest BCUT2D eigenvalue weighted by Crippen LogP contribution is -2.49. The van der Waals surface area contributed by atoms with Crippen LogP contribution >= 0.6 is 23.2 Å². The van der Waals surface area contributed by atoms with Gasteiger partial charge in [-0.15, -0.1) is 0 Å². The van der Waals surface area contributed by atoms with Gasteiger partial charge in [-0.3, -0.25) is 4.79 Å². The first-order chi connectivity index (χ1) is 12.5. The molecular weight excluding hydrogens is 375 g/mol. The molecule has 1 fully saturated rings. The first kappa shape index (κ1) is 18.5. The molecule has 138 valence electrons. The van der Waals surface area contributed by atoms with E-state index in [1.807, 2.05) is 0 Å². The summed E-state index contributed by atoms with van der Waals surface area (Å²) in [6.07, 6.45) is 3.34. The lowest BCUT2D eigenvalue weighted by Gasteiger charge is -2.34. The number of aromatic nitrogens is 2. The summed E-state index contributed by atoms with van der Waals surface area (Å²) in [7, 11) is 0. The van der Waals surface area contributed by atoms with Crippen molar-refractivity contribution in [1.29, 1.82) is 0 Å². The molecule has 1 amide bonds. The van der Waals surface area contributed by atoms with Crippen LogP contribution in [0.4, 0.5) is 17.3 Å². The zero-order valence-corrected chi connectivity index (χ0v) is 15.6. The van der Waals surface area contributed by atoms with Crippen molar-refractivity contribution in [3.8, 4) is 0 Å². The van der Waals surface area contributed by atoms with Crippen LogP contribution in [0, 0.1) is 0 Å². The molecule has 2 heterocycles. The predicted molar refractivity (Wildman–Crippen MR) is 105 cm³/mol. The largest absolute Gasteiger partial charge is 0.384 e. The fourth-order valence-corrected chi connectivity index (χ4v) is 3.48. The Balaban J connectivity index is 1.52. The van der Waals surface area contributed by atoms with Gasteiger partial charge in [-0.05, 0) is 31.0 Å². The molecule has 9 heteroatoms. The summed E-state index contributed by atoms with van der Waals surface area (Å²) in [5.41, 5.74) is 6.43. The van der Waals surface area contributed by atoms with Gasteiger partial charge in [-0.1, -0.05) is 23.2 Å². The van der Waals surface area contributed by atoms with Crippen molar-refractivity contribution in [2.75, 3.05) is 35.6 Å². The molecule has 1 aromatic heterocycles. The standard InChI is InChI=1S/C17H20Cl2N6O/c18-11-4-12(19)6-14(5-11)21-8-17(26)24-13-2-1-3-25(9-13)16-7-15(20)22-10-23-16/h4-7,10,13,21H,1-3,8-9H2,(H,24,26)(H2,20,22,23)/t13-/m1/s1. The van der Waals surface area contributed by atoms with Gasteiger partial charge in [0.2, 0.25) is 5.91 Å². The van der Waals surface area contributed by atoms with Gasteiger partial charge in [-0.25, -0.2) is 9.97 Å². The van der Waals surface area contributed by atoms with Crippen LogP contribution in [0.3, 0.4) is 0 Å². The number of carbonyl (C=O) groups is 1. The van der Waals surface area contributed by atoms with Crippen LogP contribution in [0.15, 0.2) is 30.6 Å². The van der Waals surface area contributed by atoms with Gasteiger partial charge >= 0.3 is 0 Å². The molecule has 0 unspecified atom stereocenters. The van der Waals surface area contributed by atoms with Crippen LogP contribution in [0.2, 0.25) is 10.0 Å². The molecule has 2 aromatic rings. The quantitative estimate of drug-likeness (QED) is 0.720. The predicted octanol–water partition coefficient (Wildman–Crippen LogP) is 2.56. The van der Waals surface area contributed by atoms with E-state index in [0.717, 1.165) is 25.2 Å². The van der Waals surface area contributed by atoms with Crippen molar-refractivity contribution in [3.05, 3.63) is 40.6 Å². The number of nitrogens with one attached hydrogen (secondary N) is 2. The molecular formula is C17H20Cl2N6O. The summed E-state index contributed by atoms with van der Waals surface area (Å²) in [6.45, 7) is 1.71. The second kappa shape index (κ2) is 8.42. The monoisotopic (exact) mass is 394 g/mol. The number of carbonyl (C=O) groups excluding carboxylic acids is 1. The minimum Gasteiger partial charge on any atom is -0.384 e. The molecule has 0 radical (unpaired) electrons. The minimum absolute atomic E-state index is 0.0530. The second-order valence-electron chi connectivity index (χ2n) is 6.17. The molecule has 0 spiro atoms. The zero-order chi connectivity index (χ0) is 18.5. The lowest BCUT2D eigenvalue weighted by atomic mass is 10.1. The number of hydrogen-bond acceptors (Lipinski definition) is 6. The van der Waals surface area contributed by atoms with Crippen molar-refractivity contribution >= 4 is 46.4 Å². The van der Waals surface area contributed by atoms with E-state index in [4.69, 9.17) is 28.9 Å². The van der Waals surface area contributed by atoms with E-state index in [2.05, 4.69) is 25.5 Å². The third-order valence-corrected chi connectivity index (χ3v) is 4.54. The number of hydrogen-bond donors (Lipinski definition) is 3. The first-order valence-corrected chi connectivity index (χ1v) is 9.07. The summed E-state index contributed by atoms with van der Waals surface area (Å²) < 4.78 is 0. The van der Waals surface area contributed by atoms with Gasteiger partial charge in [-0.2, -0.15) is 0 Å². The summed E-state index contributed by atoms with van der Waals surface area (Å²) in [5.74, 6) is 1.13. The summed E-state index contributed by atoms with van der Waals surface area (Å²) in [5, 5.41) is 7.12. The van der Waals surface area contributed by atoms with E-state index in [1.165, 1.54) is 6.33 Å². The Labute approximate surface area is 161 Å². The number of halogens is 2. The molecule has 1 atom stereocenters. The highest BCUT2D eigenvalue weighted by molar-refractivity contribution is 6.35. The van der Waals surface area contributed by atoms with E-state index in [1.54, 1.807) is 24.3 Å². The van der Waals surface area contributed by atoms with Gasteiger partial charge in [0.05, 0.1) is 6.54 Å². The van der Waals surface area contributed by atoms with Crippen LogP contribution in [-0.4, -0.2) is 41.6 Å². The third kappa shape index (κ3) is 5.12. The van der Waals surface area contributed by atoms with E-state index in [0.29, 0.717) is 28.1 Å². The number of piperidine rings is 1. The summed E-state index contributed by atoms with van der Waals surface area (Å²) >= 11 is 11.9. The Morgan fingerprint density at radius 1 is 1.23 bits per heavy atom. The van der Waals surface area contributed by atoms with Crippen molar-refractivity contribution in [3.63, 3.8) is 0 Å². The van der Waals surface area contributed by atoms with Crippen LogP contribution in [-0.2, 0) is 4.79 Å². The maximum atomic E-state index is 12.2. The van der Waals surface area contributed by atoms with Crippen molar-refractivity contribution in [2.45, 2.75) is 18.9 Å². The number of nitrogen functional groups attached to an aromatic ring is 1. The number of anilines is 3. The molecule has 1 aromatic carbocycles. The van der Waals surface area contributed by atoms with Gasteiger partial charge in [0.1, 0.15) is 18.0 Å². The van der Waals surface area contributed by atoms with Crippen LogP contribution < -0.4 is 21.3 Å². The molecule has 0 saturated carbocycles. The average Bonchev–Trinajstić information content (AvgIpc) is 2.59. The summed E-state index contributed by atoms with van der Waals surface area (Å²) in [4.78, 5) is 22.5.